The van der Waals surface area contributed by atoms with Crippen molar-refractivity contribution in [2.45, 2.75) is 6.54 Å². The zero-order valence-electron chi connectivity index (χ0n) is 12.5. The molecule has 0 aliphatic rings. The number of benzene rings is 2. The third-order valence-corrected chi connectivity index (χ3v) is 3.06. The molecule has 1 amide bonds. The lowest BCUT2D eigenvalue weighted by atomic mass is 10.1. The molecule has 0 heterocycles. The minimum Gasteiger partial charge on any atom is -0.481 e. The second kappa shape index (κ2) is 7.93. The fourth-order valence-corrected chi connectivity index (χ4v) is 1.83. The number of ether oxygens (including phenoxy) is 2. The largest absolute Gasteiger partial charge is 0.481 e. The Morgan fingerprint density at radius 1 is 1.09 bits per heavy atom. The molecule has 2 aromatic carbocycles. The van der Waals surface area contributed by atoms with Crippen LogP contribution in [0.3, 0.4) is 0 Å². The highest BCUT2D eigenvalue weighted by Crippen LogP contribution is 2.14. The molecule has 0 aliphatic carbocycles. The van der Waals surface area contributed by atoms with Gasteiger partial charge in [-0.3, -0.25) is 4.79 Å². The molecule has 0 unspecified atom stereocenters. The standard InChI is InChI=1S/C17H16FNO4/c1-22-17(21)13-8-6-12(7-9-13)10-19-16(20)11-23-15-5-3-2-4-14(15)18/h2-9H,10-11H2,1H3,(H,19,20). The molecule has 0 aromatic heterocycles. The minimum atomic E-state index is -0.515. The van der Waals surface area contributed by atoms with E-state index in [0.29, 0.717) is 5.56 Å². The number of nitrogens with one attached hydrogen (secondary N) is 1. The lowest BCUT2D eigenvalue weighted by Crippen LogP contribution is -2.28. The van der Waals surface area contributed by atoms with E-state index >= 15 is 0 Å². The van der Waals surface area contributed by atoms with Crippen molar-refractivity contribution in [1.82, 2.24) is 5.32 Å². The van der Waals surface area contributed by atoms with Gasteiger partial charge < -0.3 is 14.8 Å². The molecule has 0 fully saturated rings. The van der Waals surface area contributed by atoms with E-state index in [2.05, 4.69) is 10.1 Å². The molecule has 2 aromatic rings. The molecule has 0 saturated carbocycles. The molecule has 120 valence electrons. The summed E-state index contributed by atoms with van der Waals surface area (Å²) in [6.45, 7) is 0.00208. The van der Waals surface area contributed by atoms with Gasteiger partial charge in [-0.2, -0.15) is 0 Å². The molecular formula is C17H16FNO4. The van der Waals surface area contributed by atoms with Crippen LogP contribution in [0.5, 0.6) is 5.75 Å². The molecule has 0 atom stereocenters. The monoisotopic (exact) mass is 317 g/mol. The van der Waals surface area contributed by atoms with E-state index in [1.54, 1.807) is 36.4 Å². The maximum Gasteiger partial charge on any atom is 0.337 e. The molecule has 0 spiro atoms. The fourth-order valence-electron chi connectivity index (χ4n) is 1.83. The van der Waals surface area contributed by atoms with Gasteiger partial charge in [-0.05, 0) is 29.8 Å². The zero-order valence-corrected chi connectivity index (χ0v) is 12.5. The van der Waals surface area contributed by atoms with E-state index in [1.165, 1.54) is 19.2 Å². The van der Waals surface area contributed by atoms with Crippen molar-refractivity contribution in [2.75, 3.05) is 13.7 Å². The maximum atomic E-state index is 13.3. The Balaban J connectivity index is 1.80. The van der Waals surface area contributed by atoms with Crippen LogP contribution in [0, 0.1) is 5.82 Å². The summed E-state index contributed by atoms with van der Waals surface area (Å²) in [6, 6.07) is 12.5. The van der Waals surface area contributed by atoms with Crippen molar-refractivity contribution in [1.29, 1.82) is 0 Å². The number of rotatable bonds is 6. The molecule has 0 aliphatic heterocycles. The number of hydrogen-bond donors (Lipinski definition) is 1. The Hall–Kier alpha value is -2.89. The van der Waals surface area contributed by atoms with Gasteiger partial charge in [-0.25, -0.2) is 9.18 Å². The van der Waals surface area contributed by atoms with Crippen molar-refractivity contribution in [3.05, 3.63) is 65.5 Å². The average molecular weight is 317 g/mol. The SMILES string of the molecule is COC(=O)c1ccc(CNC(=O)COc2ccccc2F)cc1. The third kappa shape index (κ3) is 4.81. The van der Waals surface area contributed by atoms with Gasteiger partial charge in [-0.15, -0.1) is 0 Å². The van der Waals surface area contributed by atoms with Crippen LogP contribution >= 0.6 is 0 Å². The lowest BCUT2D eigenvalue weighted by molar-refractivity contribution is -0.123. The number of methoxy groups -OCH3 is 1. The van der Waals surface area contributed by atoms with Crippen LogP contribution in [0.25, 0.3) is 0 Å². The molecule has 6 heteroatoms. The van der Waals surface area contributed by atoms with Gasteiger partial charge in [0.05, 0.1) is 12.7 Å². The van der Waals surface area contributed by atoms with Crippen molar-refractivity contribution in [3.63, 3.8) is 0 Å². The Bertz CT molecular complexity index is 685. The maximum absolute atomic E-state index is 13.3. The van der Waals surface area contributed by atoms with Crippen molar-refractivity contribution >= 4 is 11.9 Å². The van der Waals surface area contributed by atoms with Crippen molar-refractivity contribution in [2.24, 2.45) is 0 Å². The van der Waals surface area contributed by atoms with Crippen LogP contribution in [-0.4, -0.2) is 25.6 Å². The zero-order chi connectivity index (χ0) is 16.7. The molecule has 0 bridgehead atoms. The van der Waals surface area contributed by atoms with E-state index in [-0.39, 0.29) is 24.8 Å². The van der Waals surface area contributed by atoms with Crippen LogP contribution in [0.2, 0.25) is 0 Å². The van der Waals surface area contributed by atoms with Gasteiger partial charge in [0.2, 0.25) is 0 Å². The summed E-state index contributed by atoms with van der Waals surface area (Å²) < 4.78 is 23.0. The summed E-state index contributed by atoms with van der Waals surface area (Å²) in [5, 5.41) is 2.65. The average Bonchev–Trinajstić information content (AvgIpc) is 2.59. The number of carbonyl (C=O) groups is 2. The van der Waals surface area contributed by atoms with Gasteiger partial charge in [0.1, 0.15) is 0 Å². The summed E-state index contributed by atoms with van der Waals surface area (Å²) in [5.41, 5.74) is 1.25. The first-order chi connectivity index (χ1) is 11.1. The number of para-hydroxylation sites is 1. The predicted molar refractivity (Wildman–Crippen MR) is 81.5 cm³/mol. The van der Waals surface area contributed by atoms with Gasteiger partial charge >= 0.3 is 5.97 Å². The Labute approximate surface area is 133 Å². The van der Waals surface area contributed by atoms with E-state index in [4.69, 9.17) is 4.74 Å². The van der Waals surface area contributed by atoms with E-state index in [0.717, 1.165) is 5.56 Å². The predicted octanol–water partition coefficient (Wildman–Crippen LogP) is 2.31. The topological polar surface area (TPSA) is 64.6 Å². The number of esters is 1. The molecular weight excluding hydrogens is 301 g/mol. The highest BCUT2D eigenvalue weighted by molar-refractivity contribution is 5.89. The number of halogens is 1. The summed E-state index contributed by atoms with van der Waals surface area (Å²) in [6.07, 6.45) is 0. The number of amides is 1. The molecule has 0 saturated heterocycles. The highest BCUT2D eigenvalue weighted by atomic mass is 19.1. The lowest BCUT2D eigenvalue weighted by Gasteiger charge is -2.08. The van der Waals surface area contributed by atoms with Gasteiger partial charge in [0, 0.05) is 6.54 Å². The van der Waals surface area contributed by atoms with Crippen LogP contribution in [0.1, 0.15) is 15.9 Å². The Morgan fingerprint density at radius 3 is 2.43 bits per heavy atom. The molecule has 5 nitrogen and oxygen atoms in total. The van der Waals surface area contributed by atoms with Crippen molar-refractivity contribution in [3.8, 4) is 5.75 Å². The van der Waals surface area contributed by atoms with Crippen LogP contribution < -0.4 is 10.1 Å². The first kappa shape index (κ1) is 16.5. The van der Waals surface area contributed by atoms with Crippen LogP contribution in [-0.2, 0) is 16.1 Å². The van der Waals surface area contributed by atoms with E-state index in [9.17, 15) is 14.0 Å². The quantitative estimate of drug-likeness (QED) is 0.830. The number of carbonyl (C=O) groups excluding carboxylic acids is 2. The fraction of sp³-hybridized carbons (Fsp3) is 0.176. The van der Waals surface area contributed by atoms with Crippen LogP contribution in [0.4, 0.5) is 4.39 Å². The molecule has 23 heavy (non-hydrogen) atoms. The van der Waals surface area contributed by atoms with Gasteiger partial charge in [0.15, 0.2) is 18.2 Å². The van der Waals surface area contributed by atoms with Crippen molar-refractivity contribution < 1.29 is 23.5 Å². The first-order valence-corrected chi connectivity index (χ1v) is 6.91. The highest BCUT2D eigenvalue weighted by Gasteiger charge is 2.07. The van der Waals surface area contributed by atoms with Gasteiger partial charge in [0.25, 0.3) is 5.91 Å². The summed E-state index contributed by atoms with van der Waals surface area (Å²) in [7, 11) is 1.31. The van der Waals surface area contributed by atoms with Crippen LogP contribution in [0.15, 0.2) is 48.5 Å². The first-order valence-electron chi connectivity index (χ1n) is 6.91. The second-order valence-corrected chi connectivity index (χ2v) is 4.68. The summed E-state index contributed by atoms with van der Waals surface area (Å²) >= 11 is 0. The molecule has 1 N–H and O–H groups in total. The smallest absolute Gasteiger partial charge is 0.337 e. The Kier molecular flexibility index (Phi) is 5.68. The van der Waals surface area contributed by atoms with E-state index < -0.39 is 11.8 Å². The molecule has 0 radical (unpaired) electrons. The normalized spacial score (nSPS) is 10.0. The van der Waals surface area contributed by atoms with Gasteiger partial charge in [-0.1, -0.05) is 24.3 Å². The Morgan fingerprint density at radius 2 is 1.78 bits per heavy atom. The van der Waals surface area contributed by atoms with E-state index in [1.807, 2.05) is 0 Å². The second-order valence-electron chi connectivity index (χ2n) is 4.68. The summed E-state index contributed by atoms with van der Waals surface area (Å²) in [5.74, 6) is -1.27. The molecule has 2 rings (SSSR count). The summed E-state index contributed by atoms with van der Waals surface area (Å²) in [4.78, 5) is 23.0. The third-order valence-electron chi connectivity index (χ3n) is 3.06. The minimum absolute atomic E-state index is 0.0325. The number of hydrogen-bond acceptors (Lipinski definition) is 4.